The van der Waals surface area contributed by atoms with Crippen LogP contribution in [0, 0.1) is 17.6 Å². The molecular formula is C17H22F2N2O5S. The zero-order valence-corrected chi connectivity index (χ0v) is 16.1. The molecular weight excluding hydrogens is 382 g/mol. The Hall–Kier alpha value is -2.07. The second-order valence-electron chi connectivity index (χ2n) is 6.56. The van der Waals surface area contributed by atoms with Crippen molar-refractivity contribution in [2.45, 2.75) is 30.8 Å². The number of carbonyl (C=O) groups is 2. The lowest BCUT2D eigenvalue weighted by atomic mass is 9.98. The molecule has 1 saturated heterocycles. The lowest BCUT2D eigenvalue weighted by Gasteiger charge is -2.30. The van der Waals surface area contributed by atoms with Crippen molar-refractivity contribution in [1.82, 2.24) is 9.21 Å². The van der Waals surface area contributed by atoms with Gasteiger partial charge in [0.25, 0.3) is 5.91 Å². The average molecular weight is 404 g/mol. The van der Waals surface area contributed by atoms with E-state index in [0.717, 1.165) is 16.4 Å². The highest BCUT2D eigenvalue weighted by Crippen LogP contribution is 2.26. The van der Waals surface area contributed by atoms with Crippen molar-refractivity contribution in [3.8, 4) is 0 Å². The maximum Gasteiger partial charge on any atom is 0.309 e. The van der Waals surface area contributed by atoms with E-state index in [-0.39, 0.29) is 31.8 Å². The molecule has 0 aliphatic carbocycles. The summed E-state index contributed by atoms with van der Waals surface area (Å²) in [5.74, 6) is -3.38. The Labute approximate surface area is 156 Å². The third kappa shape index (κ3) is 4.81. The predicted octanol–water partition coefficient (Wildman–Crippen LogP) is 1.39. The summed E-state index contributed by atoms with van der Waals surface area (Å²) in [5, 5.41) is 0. The van der Waals surface area contributed by atoms with Crippen LogP contribution in [0.25, 0.3) is 0 Å². The van der Waals surface area contributed by atoms with Crippen LogP contribution in [0.15, 0.2) is 23.1 Å². The number of amides is 1. The standard InChI is InChI=1S/C17H22F2N2O5S/c1-11(16(22)20(2)3)26-17(23)12-6-8-21(9-7-12)27(24,25)15-10-13(18)4-5-14(15)19/h4-5,10-12H,6-9H2,1-3H3. The number of esters is 1. The fourth-order valence-corrected chi connectivity index (χ4v) is 4.38. The van der Waals surface area contributed by atoms with Gasteiger partial charge in [0, 0.05) is 27.2 Å². The number of piperidine rings is 1. The van der Waals surface area contributed by atoms with Gasteiger partial charge in [0.05, 0.1) is 5.92 Å². The quantitative estimate of drug-likeness (QED) is 0.693. The van der Waals surface area contributed by atoms with Gasteiger partial charge in [-0.25, -0.2) is 17.2 Å². The summed E-state index contributed by atoms with van der Waals surface area (Å²) in [6, 6.07) is 2.24. The largest absolute Gasteiger partial charge is 0.452 e. The lowest BCUT2D eigenvalue weighted by molar-refractivity contribution is -0.162. The second-order valence-corrected chi connectivity index (χ2v) is 8.47. The van der Waals surface area contributed by atoms with E-state index in [4.69, 9.17) is 4.74 Å². The third-order valence-corrected chi connectivity index (χ3v) is 6.29. The predicted molar refractivity (Wildman–Crippen MR) is 92.1 cm³/mol. The molecule has 0 saturated carbocycles. The number of hydrogen-bond donors (Lipinski definition) is 0. The minimum Gasteiger partial charge on any atom is -0.452 e. The van der Waals surface area contributed by atoms with E-state index in [9.17, 15) is 26.8 Å². The Morgan fingerprint density at radius 2 is 1.81 bits per heavy atom. The summed E-state index contributed by atoms with van der Waals surface area (Å²) in [6.45, 7) is 1.40. The van der Waals surface area contributed by atoms with Gasteiger partial charge >= 0.3 is 5.97 Å². The first-order chi connectivity index (χ1) is 12.5. The Kier molecular flexibility index (Phi) is 6.53. The molecule has 0 aromatic heterocycles. The molecule has 0 bridgehead atoms. The van der Waals surface area contributed by atoms with Gasteiger partial charge < -0.3 is 9.64 Å². The van der Waals surface area contributed by atoms with E-state index in [1.807, 2.05) is 0 Å². The first-order valence-electron chi connectivity index (χ1n) is 8.41. The van der Waals surface area contributed by atoms with Crippen molar-refractivity contribution in [3.05, 3.63) is 29.8 Å². The highest BCUT2D eigenvalue weighted by atomic mass is 32.2. The summed E-state index contributed by atoms with van der Waals surface area (Å²) in [7, 11) is -1.12. The molecule has 1 fully saturated rings. The van der Waals surface area contributed by atoms with Crippen LogP contribution in [0.5, 0.6) is 0 Å². The van der Waals surface area contributed by atoms with E-state index in [2.05, 4.69) is 0 Å². The van der Waals surface area contributed by atoms with Gasteiger partial charge in [-0.05, 0) is 38.0 Å². The Bertz CT molecular complexity index is 821. The monoisotopic (exact) mass is 404 g/mol. The van der Waals surface area contributed by atoms with Crippen molar-refractivity contribution >= 4 is 21.9 Å². The van der Waals surface area contributed by atoms with Crippen molar-refractivity contribution in [1.29, 1.82) is 0 Å². The smallest absolute Gasteiger partial charge is 0.309 e. The highest BCUT2D eigenvalue weighted by Gasteiger charge is 2.35. The molecule has 0 N–H and O–H groups in total. The van der Waals surface area contributed by atoms with Crippen molar-refractivity contribution < 1.29 is 31.5 Å². The van der Waals surface area contributed by atoms with Crippen LogP contribution in [0.4, 0.5) is 8.78 Å². The van der Waals surface area contributed by atoms with Gasteiger partial charge in [-0.15, -0.1) is 0 Å². The van der Waals surface area contributed by atoms with Crippen LogP contribution in [-0.2, 0) is 24.3 Å². The molecule has 10 heteroatoms. The van der Waals surface area contributed by atoms with Crippen LogP contribution in [0.1, 0.15) is 19.8 Å². The van der Waals surface area contributed by atoms with Gasteiger partial charge in [-0.3, -0.25) is 9.59 Å². The number of halogens is 2. The van der Waals surface area contributed by atoms with E-state index in [1.165, 1.54) is 11.8 Å². The van der Waals surface area contributed by atoms with Crippen LogP contribution in [-0.4, -0.2) is 62.8 Å². The van der Waals surface area contributed by atoms with E-state index < -0.39 is 44.5 Å². The number of benzene rings is 1. The first-order valence-corrected chi connectivity index (χ1v) is 9.85. The normalized spacial score (nSPS) is 17.4. The number of hydrogen-bond acceptors (Lipinski definition) is 5. The number of ether oxygens (including phenoxy) is 1. The zero-order valence-electron chi connectivity index (χ0n) is 15.3. The minimum atomic E-state index is -4.21. The van der Waals surface area contributed by atoms with Crippen LogP contribution >= 0.6 is 0 Å². The van der Waals surface area contributed by atoms with Gasteiger partial charge in [0.15, 0.2) is 6.10 Å². The molecule has 1 unspecified atom stereocenters. The van der Waals surface area contributed by atoms with Gasteiger partial charge in [0.2, 0.25) is 10.0 Å². The molecule has 1 aliphatic heterocycles. The summed E-state index contributed by atoms with van der Waals surface area (Å²) in [6.07, 6.45) is -0.605. The molecule has 7 nitrogen and oxygen atoms in total. The molecule has 27 heavy (non-hydrogen) atoms. The Morgan fingerprint density at radius 1 is 1.22 bits per heavy atom. The molecule has 2 rings (SSSR count). The van der Waals surface area contributed by atoms with Crippen molar-refractivity contribution in [2.24, 2.45) is 5.92 Å². The molecule has 1 aromatic carbocycles. The fourth-order valence-electron chi connectivity index (χ4n) is 2.83. The molecule has 1 aromatic rings. The van der Waals surface area contributed by atoms with Gasteiger partial charge in [-0.1, -0.05) is 0 Å². The molecule has 1 amide bonds. The van der Waals surface area contributed by atoms with Crippen LogP contribution in [0.3, 0.4) is 0 Å². The van der Waals surface area contributed by atoms with Gasteiger partial charge in [0.1, 0.15) is 16.5 Å². The highest BCUT2D eigenvalue weighted by molar-refractivity contribution is 7.89. The summed E-state index contributed by atoms with van der Waals surface area (Å²) < 4.78 is 58.4. The SMILES string of the molecule is CC(OC(=O)C1CCN(S(=O)(=O)c2cc(F)ccc2F)CC1)C(=O)N(C)C. The first kappa shape index (κ1) is 21.2. The van der Waals surface area contributed by atoms with Crippen LogP contribution < -0.4 is 0 Å². The average Bonchev–Trinajstić information content (AvgIpc) is 2.62. The van der Waals surface area contributed by atoms with E-state index in [0.29, 0.717) is 6.07 Å². The van der Waals surface area contributed by atoms with E-state index in [1.54, 1.807) is 14.1 Å². The Morgan fingerprint density at radius 3 is 2.37 bits per heavy atom. The maximum atomic E-state index is 13.8. The number of nitrogens with zero attached hydrogens (tertiary/aromatic N) is 2. The number of rotatable bonds is 5. The molecule has 1 atom stereocenters. The van der Waals surface area contributed by atoms with E-state index >= 15 is 0 Å². The number of sulfonamides is 1. The number of carbonyl (C=O) groups excluding carboxylic acids is 2. The number of likely N-dealkylation sites (N-methyl/N-ethyl adjacent to an activating group) is 1. The van der Waals surface area contributed by atoms with Crippen molar-refractivity contribution in [3.63, 3.8) is 0 Å². The molecule has 0 radical (unpaired) electrons. The summed E-state index contributed by atoms with van der Waals surface area (Å²) in [4.78, 5) is 24.5. The zero-order chi connectivity index (χ0) is 20.4. The second kappa shape index (κ2) is 8.30. The van der Waals surface area contributed by atoms with Gasteiger partial charge in [-0.2, -0.15) is 4.31 Å². The molecule has 0 spiro atoms. The minimum absolute atomic E-state index is 0.0337. The summed E-state index contributed by atoms with van der Waals surface area (Å²) in [5.41, 5.74) is 0. The molecule has 150 valence electrons. The molecule has 1 heterocycles. The topological polar surface area (TPSA) is 84.0 Å². The Balaban J connectivity index is 2.01. The third-order valence-electron chi connectivity index (χ3n) is 4.38. The summed E-state index contributed by atoms with van der Waals surface area (Å²) >= 11 is 0. The maximum absolute atomic E-state index is 13.8. The van der Waals surface area contributed by atoms with Crippen LogP contribution in [0.2, 0.25) is 0 Å². The fraction of sp³-hybridized carbons (Fsp3) is 0.529. The lowest BCUT2D eigenvalue weighted by Crippen LogP contribution is -2.42. The molecule has 1 aliphatic rings. The van der Waals surface area contributed by atoms with Crippen molar-refractivity contribution in [2.75, 3.05) is 27.2 Å².